The van der Waals surface area contributed by atoms with Crippen LogP contribution in [0.1, 0.15) is 132 Å². The summed E-state index contributed by atoms with van der Waals surface area (Å²) in [6.45, 7) is 4.12. The molecule has 0 aliphatic carbocycles. The molecule has 5 nitrogen and oxygen atoms in total. The molecule has 2 rings (SSSR count). The highest BCUT2D eigenvalue weighted by molar-refractivity contribution is 6.36. The van der Waals surface area contributed by atoms with Crippen LogP contribution in [0.5, 0.6) is 0 Å². The van der Waals surface area contributed by atoms with E-state index in [1.165, 1.54) is 90.4 Å². The molecule has 0 radical (unpaired) electrons. The Bertz CT molecular complexity index is 930. The number of nitrogens with one attached hydrogen (secondary N) is 1. The third-order valence-corrected chi connectivity index (χ3v) is 6.83. The zero-order valence-corrected chi connectivity index (χ0v) is 22.6. The van der Waals surface area contributed by atoms with Crippen LogP contribution in [-0.4, -0.2) is 27.0 Å². The Kier molecular flexibility index (Phi) is 13.6. The van der Waals surface area contributed by atoms with Gasteiger partial charge < -0.3 is 5.32 Å². The first kappa shape index (κ1) is 30.4. The van der Waals surface area contributed by atoms with E-state index in [0.717, 1.165) is 25.3 Å². The topological polar surface area (TPSA) is 59.3 Å². The number of amides is 1. The maximum atomic E-state index is 13.3. The lowest BCUT2D eigenvalue weighted by molar-refractivity contribution is -0.142. The highest BCUT2D eigenvalue weighted by atomic mass is 35.5. The molecule has 0 saturated carbocycles. The summed E-state index contributed by atoms with van der Waals surface area (Å²) in [6, 6.07) is 0.883. The molecule has 1 N–H and O–H groups in total. The summed E-state index contributed by atoms with van der Waals surface area (Å²) >= 11 is 6.15. The zero-order chi connectivity index (χ0) is 26.4. The molecule has 0 aliphatic heterocycles. The van der Waals surface area contributed by atoms with Gasteiger partial charge in [0.2, 0.25) is 0 Å². The molecule has 36 heavy (non-hydrogen) atoms. The summed E-state index contributed by atoms with van der Waals surface area (Å²) in [4.78, 5) is 16.5. The summed E-state index contributed by atoms with van der Waals surface area (Å²) in [5.41, 5.74) is -1.27. The first-order chi connectivity index (χ1) is 17.3. The van der Waals surface area contributed by atoms with Gasteiger partial charge in [0.05, 0.1) is 0 Å². The Morgan fingerprint density at radius 3 is 1.83 bits per heavy atom. The number of rotatable bonds is 18. The minimum Gasteiger partial charge on any atom is -0.351 e. The predicted octanol–water partition coefficient (Wildman–Crippen LogP) is 8.70. The van der Waals surface area contributed by atoms with Crippen molar-refractivity contribution in [1.82, 2.24) is 19.9 Å². The highest BCUT2D eigenvalue weighted by Gasteiger charge is 2.36. The molecule has 2 heterocycles. The maximum absolute atomic E-state index is 13.3. The number of carbonyl (C=O) groups is 1. The van der Waals surface area contributed by atoms with E-state index < -0.39 is 17.8 Å². The molecule has 0 unspecified atom stereocenters. The van der Waals surface area contributed by atoms with Gasteiger partial charge in [-0.3, -0.25) is 4.79 Å². The smallest absolute Gasteiger partial charge is 0.351 e. The van der Waals surface area contributed by atoms with Gasteiger partial charge in [-0.15, -0.1) is 0 Å². The lowest BCUT2D eigenvalue weighted by Gasteiger charge is -2.09. The molecule has 0 fully saturated rings. The third kappa shape index (κ3) is 10.3. The lowest BCUT2D eigenvalue weighted by Crippen LogP contribution is -2.25. The molecule has 2 aromatic heterocycles. The van der Waals surface area contributed by atoms with Gasteiger partial charge in [-0.05, 0) is 19.4 Å². The number of unbranched alkanes of at least 4 members (excludes halogenated alkanes) is 15. The summed E-state index contributed by atoms with van der Waals surface area (Å²) in [5.74, 6) is -0.586. The molecule has 0 saturated heterocycles. The zero-order valence-electron chi connectivity index (χ0n) is 21.9. The monoisotopic (exact) mass is 530 g/mol. The van der Waals surface area contributed by atoms with Crippen molar-refractivity contribution < 1.29 is 18.0 Å². The van der Waals surface area contributed by atoms with Gasteiger partial charge in [0.1, 0.15) is 10.7 Å². The fraction of sp³-hybridized carbons (Fsp3) is 0.741. The second-order valence-corrected chi connectivity index (χ2v) is 10.1. The normalized spacial score (nSPS) is 11.9. The summed E-state index contributed by atoms with van der Waals surface area (Å²) in [7, 11) is 0. The van der Waals surface area contributed by atoms with Gasteiger partial charge in [0.15, 0.2) is 11.3 Å². The van der Waals surface area contributed by atoms with E-state index in [9.17, 15) is 18.0 Å². The van der Waals surface area contributed by atoms with E-state index >= 15 is 0 Å². The number of nitrogens with zero attached hydrogens (tertiary/aromatic N) is 3. The van der Waals surface area contributed by atoms with Crippen molar-refractivity contribution >= 4 is 23.2 Å². The largest absolute Gasteiger partial charge is 0.433 e. The molecule has 0 aliphatic rings. The Hall–Kier alpha value is -1.83. The van der Waals surface area contributed by atoms with Crippen LogP contribution < -0.4 is 5.32 Å². The molecule has 0 bridgehead atoms. The van der Waals surface area contributed by atoms with Crippen LogP contribution in [-0.2, 0) is 6.18 Å². The van der Waals surface area contributed by atoms with Crippen LogP contribution in [0.15, 0.2) is 6.07 Å². The van der Waals surface area contributed by atoms with Crippen LogP contribution in [0.2, 0.25) is 5.02 Å². The standard InChI is InChI=1S/C27H42ClF3N4O/c1-3-4-5-6-7-8-9-10-11-12-13-14-15-16-17-18-19-32-26(36)24-23(28)25-33-21(2)20-22(27(29,30)31)35(25)34-24/h20H,3-19H2,1-2H3,(H,32,36). The second-order valence-electron chi connectivity index (χ2n) is 9.74. The summed E-state index contributed by atoms with van der Waals surface area (Å²) < 4.78 is 40.6. The Labute approximate surface area is 218 Å². The number of halogens is 4. The van der Waals surface area contributed by atoms with Gasteiger partial charge in [0, 0.05) is 12.2 Å². The van der Waals surface area contributed by atoms with Crippen molar-refractivity contribution in [2.24, 2.45) is 0 Å². The van der Waals surface area contributed by atoms with E-state index in [-0.39, 0.29) is 22.1 Å². The highest BCUT2D eigenvalue weighted by Crippen LogP contribution is 2.32. The van der Waals surface area contributed by atoms with Gasteiger partial charge >= 0.3 is 6.18 Å². The number of fused-ring (bicyclic) bond motifs is 1. The van der Waals surface area contributed by atoms with E-state index in [2.05, 4.69) is 22.3 Å². The number of hydrogen-bond acceptors (Lipinski definition) is 3. The van der Waals surface area contributed by atoms with Crippen molar-refractivity contribution in [2.45, 2.75) is 123 Å². The maximum Gasteiger partial charge on any atom is 0.433 e. The molecule has 0 atom stereocenters. The number of hydrogen-bond donors (Lipinski definition) is 1. The quantitative estimate of drug-likeness (QED) is 0.196. The summed E-state index contributed by atoms with van der Waals surface area (Å²) in [5, 5.41) is 6.35. The lowest BCUT2D eigenvalue weighted by atomic mass is 10.0. The molecular weight excluding hydrogens is 489 g/mol. The average Bonchev–Trinajstić information content (AvgIpc) is 3.16. The Morgan fingerprint density at radius 2 is 1.36 bits per heavy atom. The van der Waals surface area contributed by atoms with E-state index in [1.807, 2.05) is 0 Å². The van der Waals surface area contributed by atoms with Crippen molar-refractivity contribution in [1.29, 1.82) is 0 Å². The molecule has 0 aromatic carbocycles. The van der Waals surface area contributed by atoms with Gasteiger partial charge in [0.25, 0.3) is 5.91 Å². The first-order valence-electron chi connectivity index (χ1n) is 13.7. The van der Waals surface area contributed by atoms with Crippen molar-refractivity contribution in [2.75, 3.05) is 6.54 Å². The van der Waals surface area contributed by atoms with Crippen molar-refractivity contribution in [3.8, 4) is 0 Å². The minimum atomic E-state index is -4.64. The van der Waals surface area contributed by atoms with E-state index in [4.69, 9.17) is 11.6 Å². The minimum absolute atomic E-state index is 0.150. The van der Waals surface area contributed by atoms with Crippen LogP contribution in [0.4, 0.5) is 13.2 Å². The van der Waals surface area contributed by atoms with Gasteiger partial charge in [-0.1, -0.05) is 115 Å². The van der Waals surface area contributed by atoms with E-state index in [1.54, 1.807) is 0 Å². The SMILES string of the molecule is CCCCCCCCCCCCCCCCCCNC(=O)c1nn2c(C(F)(F)F)cc(C)nc2c1Cl. The van der Waals surface area contributed by atoms with Gasteiger partial charge in [-0.2, -0.15) is 18.3 Å². The molecule has 1 amide bonds. The third-order valence-electron chi connectivity index (χ3n) is 6.48. The molecular formula is C27H42ClF3N4O. The van der Waals surface area contributed by atoms with E-state index in [0.29, 0.717) is 11.1 Å². The second kappa shape index (κ2) is 16.1. The van der Waals surface area contributed by atoms with Crippen LogP contribution >= 0.6 is 11.6 Å². The van der Waals surface area contributed by atoms with Crippen LogP contribution in [0, 0.1) is 6.92 Å². The summed E-state index contributed by atoms with van der Waals surface area (Å²) in [6.07, 6.45) is 15.6. The number of alkyl halides is 3. The fourth-order valence-corrected chi connectivity index (χ4v) is 4.66. The number of carbonyl (C=O) groups excluding carboxylic acids is 1. The molecule has 0 spiro atoms. The molecule has 2 aromatic rings. The molecule has 9 heteroatoms. The Balaban J connectivity index is 1.56. The van der Waals surface area contributed by atoms with Crippen molar-refractivity contribution in [3.05, 3.63) is 28.2 Å². The van der Waals surface area contributed by atoms with Gasteiger partial charge in [-0.25, -0.2) is 9.50 Å². The first-order valence-corrected chi connectivity index (χ1v) is 14.0. The molecule has 204 valence electrons. The number of aryl methyl sites for hydroxylation is 1. The average molecular weight is 531 g/mol. The van der Waals surface area contributed by atoms with Crippen LogP contribution in [0.25, 0.3) is 5.65 Å². The van der Waals surface area contributed by atoms with Crippen molar-refractivity contribution in [3.63, 3.8) is 0 Å². The predicted molar refractivity (Wildman–Crippen MR) is 140 cm³/mol. The fourth-order valence-electron chi connectivity index (χ4n) is 4.42. The van der Waals surface area contributed by atoms with Crippen LogP contribution in [0.3, 0.4) is 0 Å². The Morgan fingerprint density at radius 1 is 0.889 bits per heavy atom. The number of aromatic nitrogens is 3.